The molecule has 0 bridgehead atoms. The standard InChI is InChI=1S/C15H24O6/c1-2-18-15(17)8-11-9(16)6-13-14(21-11)7-12-10(20-13)4-3-5-19-12/h9-14,16H,2-8H2,1H3/t9?,10?,11?,12-,13?,14+/m1/s1. The van der Waals surface area contributed by atoms with Crippen molar-refractivity contribution in [3.8, 4) is 0 Å². The summed E-state index contributed by atoms with van der Waals surface area (Å²) in [6.07, 6.45) is 2.23. The molecule has 21 heavy (non-hydrogen) atoms. The van der Waals surface area contributed by atoms with Gasteiger partial charge in [-0.15, -0.1) is 0 Å². The molecule has 0 aromatic heterocycles. The summed E-state index contributed by atoms with van der Waals surface area (Å²) < 4.78 is 22.6. The molecule has 6 heteroatoms. The maximum absolute atomic E-state index is 11.6. The molecule has 3 rings (SSSR count). The first-order chi connectivity index (χ1) is 10.2. The van der Waals surface area contributed by atoms with Crippen LogP contribution < -0.4 is 0 Å². The minimum absolute atomic E-state index is 0.0819. The van der Waals surface area contributed by atoms with Gasteiger partial charge in [-0.3, -0.25) is 4.79 Å². The van der Waals surface area contributed by atoms with Crippen LogP contribution in [0.15, 0.2) is 0 Å². The van der Waals surface area contributed by atoms with E-state index in [0.29, 0.717) is 13.0 Å². The minimum Gasteiger partial charge on any atom is -0.466 e. The van der Waals surface area contributed by atoms with E-state index in [1.54, 1.807) is 6.92 Å². The van der Waals surface area contributed by atoms with Crippen molar-refractivity contribution < 1.29 is 28.8 Å². The Kier molecular flexibility index (Phi) is 4.78. The van der Waals surface area contributed by atoms with E-state index in [1.165, 1.54) is 0 Å². The van der Waals surface area contributed by atoms with E-state index in [0.717, 1.165) is 25.9 Å². The second kappa shape index (κ2) is 6.60. The highest BCUT2D eigenvalue weighted by atomic mass is 16.6. The van der Waals surface area contributed by atoms with E-state index in [4.69, 9.17) is 18.9 Å². The molecule has 6 nitrogen and oxygen atoms in total. The molecular weight excluding hydrogens is 276 g/mol. The number of hydrogen-bond acceptors (Lipinski definition) is 6. The zero-order valence-electron chi connectivity index (χ0n) is 12.4. The Morgan fingerprint density at radius 1 is 1.19 bits per heavy atom. The molecule has 0 aromatic carbocycles. The van der Waals surface area contributed by atoms with Gasteiger partial charge in [0.1, 0.15) is 0 Å². The second-order valence-electron chi connectivity index (χ2n) is 6.03. The molecule has 0 amide bonds. The first kappa shape index (κ1) is 15.2. The molecule has 0 aromatic rings. The number of fused-ring (bicyclic) bond motifs is 2. The lowest BCUT2D eigenvalue weighted by molar-refractivity contribution is -0.259. The molecule has 0 aliphatic carbocycles. The van der Waals surface area contributed by atoms with Crippen molar-refractivity contribution in [2.45, 2.75) is 75.7 Å². The van der Waals surface area contributed by atoms with E-state index in [-0.39, 0.29) is 36.8 Å². The Balaban J connectivity index is 1.59. The fourth-order valence-electron chi connectivity index (χ4n) is 3.50. The minimum atomic E-state index is -0.684. The van der Waals surface area contributed by atoms with Crippen molar-refractivity contribution in [1.82, 2.24) is 0 Å². The summed E-state index contributed by atoms with van der Waals surface area (Å²) in [5, 5.41) is 10.2. The van der Waals surface area contributed by atoms with Crippen LogP contribution in [0.2, 0.25) is 0 Å². The molecule has 1 N–H and O–H groups in total. The molecule has 0 spiro atoms. The fraction of sp³-hybridized carbons (Fsp3) is 0.933. The molecule has 3 aliphatic rings. The zero-order valence-corrected chi connectivity index (χ0v) is 12.4. The van der Waals surface area contributed by atoms with Crippen LogP contribution in [0.1, 0.15) is 39.0 Å². The normalized spacial score (nSPS) is 42.8. The van der Waals surface area contributed by atoms with Gasteiger partial charge >= 0.3 is 5.97 Å². The number of carbonyl (C=O) groups is 1. The second-order valence-corrected chi connectivity index (χ2v) is 6.03. The van der Waals surface area contributed by atoms with Crippen LogP contribution in [0, 0.1) is 0 Å². The van der Waals surface area contributed by atoms with Gasteiger partial charge in [-0.05, 0) is 19.8 Å². The number of hydrogen-bond donors (Lipinski definition) is 1. The van der Waals surface area contributed by atoms with Crippen LogP contribution >= 0.6 is 0 Å². The summed E-state index contributed by atoms with van der Waals surface area (Å²) in [5.41, 5.74) is 0. The smallest absolute Gasteiger partial charge is 0.308 e. The van der Waals surface area contributed by atoms with Crippen molar-refractivity contribution in [2.24, 2.45) is 0 Å². The van der Waals surface area contributed by atoms with Gasteiger partial charge < -0.3 is 24.1 Å². The quantitative estimate of drug-likeness (QED) is 0.777. The lowest BCUT2D eigenvalue weighted by Crippen LogP contribution is -2.57. The van der Waals surface area contributed by atoms with Crippen molar-refractivity contribution in [1.29, 1.82) is 0 Å². The van der Waals surface area contributed by atoms with Gasteiger partial charge in [-0.2, -0.15) is 0 Å². The molecular formula is C15H24O6. The van der Waals surface area contributed by atoms with Crippen LogP contribution in [-0.2, 0) is 23.7 Å². The predicted molar refractivity (Wildman–Crippen MR) is 72.8 cm³/mol. The van der Waals surface area contributed by atoms with Crippen LogP contribution in [0.3, 0.4) is 0 Å². The first-order valence-corrected chi connectivity index (χ1v) is 7.93. The molecule has 0 saturated carbocycles. The number of aliphatic hydroxyl groups is 1. The number of aliphatic hydroxyl groups excluding tert-OH is 1. The Morgan fingerprint density at radius 2 is 2.00 bits per heavy atom. The maximum atomic E-state index is 11.6. The third-order valence-electron chi connectivity index (χ3n) is 4.53. The first-order valence-electron chi connectivity index (χ1n) is 7.93. The van der Waals surface area contributed by atoms with Crippen LogP contribution in [0.4, 0.5) is 0 Å². The molecule has 6 atom stereocenters. The Hall–Kier alpha value is -0.690. The molecule has 120 valence electrons. The third-order valence-corrected chi connectivity index (χ3v) is 4.53. The van der Waals surface area contributed by atoms with Crippen LogP contribution in [0.5, 0.6) is 0 Å². The molecule has 3 fully saturated rings. The van der Waals surface area contributed by atoms with Crippen LogP contribution in [-0.4, -0.2) is 60.9 Å². The lowest BCUT2D eigenvalue weighted by atomic mass is 9.87. The highest BCUT2D eigenvalue weighted by molar-refractivity contribution is 5.70. The molecule has 3 heterocycles. The summed E-state index contributed by atoms with van der Waals surface area (Å²) in [6.45, 7) is 2.88. The van der Waals surface area contributed by atoms with E-state index in [2.05, 4.69) is 0 Å². The fourth-order valence-corrected chi connectivity index (χ4v) is 3.50. The van der Waals surface area contributed by atoms with Gasteiger partial charge in [-0.25, -0.2) is 0 Å². The Labute approximate surface area is 124 Å². The van der Waals surface area contributed by atoms with E-state index < -0.39 is 12.2 Å². The maximum Gasteiger partial charge on any atom is 0.308 e. The van der Waals surface area contributed by atoms with Gasteiger partial charge in [0.2, 0.25) is 0 Å². The Morgan fingerprint density at radius 3 is 2.81 bits per heavy atom. The van der Waals surface area contributed by atoms with Gasteiger partial charge in [-0.1, -0.05) is 0 Å². The van der Waals surface area contributed by atoms with E-state index in [9.17, 15) is 9.90 Å². The van der Waals surface area contributed by atoms with Gasteiger partial charge in [0.25, 0.3) is 0 Å². The van der Waals surface area contributed by atoms with Crippen molar-refractivity contribution in [3.05, 3.63) is 0 Å². The van der Waals surface area contributed by atoms with Gasteiger partial charge in [0.15, 0.2) is 0 Å². The zero-order chi connectivity index (χ0) is 14.8. The van der Waals surface area contributed by atoms with Gasteiger partial charge in [0.05, 0.1) is 49.7 Å². The van der Waals surface area contributed by atoms with Crippen molar-refractivity contribution in [2.75, 3.05) is 13.2 Å². The number of carbonyl (C=O) groups excluding carboxylic acids is 1. The van der Waals surface area contributed by atoms with Crippen LogP contribution in [0.25, 0.3) is 0 Å². The number of rotatable bonds is 3. The average molecular weight is 300 g/mol. The van der Waals surface area contributed by atoms with E-state index >= 15 is 0 Å². The predicted octanol–water partition coefficient (Wildman–Crippen LogP) is 0.794. The third kappa shape index (κ3) is 3.39. The summed E-state index contributed by atoms with van der Waals surface area (Å²) in [6, 6.07) is 0. The lowest BCUT2D eigenvalue weighted by Gasteiger charge is -2.48. The highest BCUT2D eigenvalue weighted by Crippen LogP contribution is 2.36. The number of esters is 1. The summed E-state index contributed by atoms with van der Waals surface area (Å²) >= 11 is 0. The largest absolute Gasteiger partial charge is 0.466 e. The molecule has 4 unspecified atom stereocenters. The van der Waals surface area contributed by atoms with E-state index in [1.807, 2.05) is 0 Å². The Bertz CT molecular complexity index is 373. The molecule has 0 radical (unpaired) electrons. The summed E-state index contributed by atoms with van der Waals surface area (Å²) in [5.74, 6) is -0.330. The average Bonchev–Trinajstić information content (AvgIpc) is 2.46. The highest BCUT2D eigenvalue weighted by Gasteiger charge is 2.46. The summed E-state index contributed by atoms with van der Waals surface area (Å²) in [4.78, 5) is 11.6. The van der Waals surface area contributed by atoms with Crippen molar-refractivity contribution in [3.63, 3.8) is 0 Å². The monoisotopic (exact) mass is 300 g/mol. The molecule has 3 aliphatic heterocycles. The van der Waals surface area contributed by atoms with Gasteiger partial charge in [0, 0.05) is 19.4 Å². The molecule has 3 saturated heterocycles. The number of ether oxygens (including phenoxy) is 4. The summed E-state index contributed by atoms with van der Waals surface area (Å²) in [7, 11) is 0. The SMILES string of the molecule is CCOC(=O)CC1O[C@H]2C[C@H]3OCCCC3OC2CC1O. The topological polar surface area (TPSA) is 74.2 Å². The van der Waals surface area contributed by atoms with Crippen molar-refractivity contribution >= 4 is 5.97 Å².